The highest BCUT2D eigenvalue weighted by molar-refractivity contribution is 6.31. The zero-order valence-corrected chi connectivity index (χ0v) is 20.8. The number of nitrogens with zero attached hydrogens (tertiary/aromatic N) is 3. The SMILES string of the molecule is NCCCNC(=O)c1ccc(Nc2ncc3c(n2)-c2ccc(Cl)cc2C(C2=CC=CCC2F)=NC3)cc1. The highest BCUT2D eigenvalue weighted by Gasteiger charge is 2.26. The molecule has 2 aromatic carbocycles. The summed E-state index contributed by atoms with van der Waals surface area (Å²) in [6.07, 6.45) is 7.08. The van der Waals surface area contributed by atoms with Crippen LogP contribution in [0.3, 0.4) is 0 Å². The first-order chi connectivity index (χ1) is 18.0. The number of nitrogens with two attached hydrogens (primary N) is 1. The van der Waals surface area contributed by atoms with Crippen molar-refractivity contribution in [3.05, 3.63) is 94.2 Å². The highest BCUT2D eigenvalue weighted by atomic mass is 35.5. The molecule has 0 saturated carbocycles. The summed E-state index contributed by atoms with van der Waals surface area (Å²) >= 11 is 6.35. The molecule has 9 heteroatoms. The lowest BCUT2D eigenvalue weighted by Gasteiger charge is -2.18. The largest absolute Gasteiger partial charge is 0.352 e. The normalized spacial score (nSPS) is 16.1. The topological polar surface area (TPSA) is 105 Å². The molecule has 1 amide bonds. The molecule has 1 aliphatic carbocycles. The Bertz CT molecular complexity index is 1420. The predicted molar refractivity (Wildman–Crippen MR) is 145 cm³/mol. The number of allylic oxidation sites excluding steroid dienone is 4. The number of hydrogen-bond donors (Lipinski definition) is 3. The molecule has 1 unspecified atom stereocenters. The van der Waals surface area contributed by atoms with E-state index in [9.17, 15) is 9.18 Å². The van der Waals surface area contributed by atoms with Gasteiger partial charge in [0, 0.05) is 57.7 Å². The Morgan fingerprint density at radius 1 is 1.16 bits per heavy atom. The Morgan fingerprint density at radius 3 is 2.78 bits per heavy atom. The quantitative estimate of drug-likeness (QED) is 0.377. The van der Waals surface area contributed by atoms with Crippen LogP contribution in [-0.2, 0) is 6.54 Å². The second-order valence-electron chi connectivity index (χ2n) is 8.78. The number of fused-ring (bicyclic) bond motifs is 3. The molecule has 0 fully saturated rings. The Labute approximate surface area is 219 Å². The molecule has 7 nitrogen and oxygen atoms in total. The molecule has 5 rings (SSSR count). The maximum Gasteiger partial charge on any atom is 0.251 e. The number of benzene rings is 2. The Morgan fingerprint density at radius 2 is 2.00 bits per heavy atom. The molecule has 3 aromatic rings. The average Bonchev–Trinajstić information content (AvgIpc) is 3.06. The molecule has 0 bridgehead atoms. The van der Waals surface area contributed by atoms with Crippen molar-refractivity contribution in [3.63, 3.8) is 0 Å². The summed E-state index contributed by atoms with van der Waals surface area (Å²) in [5, 5.41) is 6.58. The molecular formula is C28H26ClFN6O. The van der Waals surface area contributed by atoms with Gasteiger partial charge in [0.2, 0.25) is 5.95 Å². The van der Waals surface area contributed by atoms with Gasteiger partial charge >= 0.3 is 0 Å². The molecule has 0 saturated heterocycles. The van der Waals surface area contributed by atoms with Crippen LogP contribution in [0.4, 0.5) is 16.0 Å². The zero-order chi connectivity index (χ0) is 25.8. The van der Waals surface area contributed by atoms with Gasteiger partial charge in [-0.05, 0) is 49.4 Å². The monoisotopic (exact) mass is 516 g/mol. The van der Waals surface area contributed by atoms with Crippen LogP contribution >= 0.6 is 11.6 Å². The smallest absolute Gasteiger partial charge is 0.251 e. The summed E-state index contributed by atoms with van der Waals surface area (Å²) in [6.45, 7) is 1.38. The third-order valence-electron chi connectivity index (χ3n) is 6.20. The first-order valence-electron chi connectivity index (χ1n) is 12.1. The van der Waals surface area contributed by atoms with Crippen molar-refractivity contribution in [2.75, 3.05) is 18.4 Å². The van der Waals surface area contributed by atoms with Crippen LogP contribution in [0.2, 0.25) is 5.02 Å². The maximum atomic E-state index is 14.8. The lowest BCUT2D eigenvalue weighted by atomic mass is 9.90. The minimum atomic E-state index is -1.13. The van der Waals surface area contributed by atoms with Gasteiger partial charge in [0.05, 0.1) is 18.0 Å². The van der Waals surface area contributed by atoms with E-state index in [1.807, 2.05) is 24.3 Å². The number of rotatable bonds is 7. The third-order valence-corrected chi connectivity index (χ3v) is 6.43. The van der Waals surface area contributed by atoms with Crippen LogP contribution in [0.25, 0.3) is 11.3 Å². The molecule has 1 aromatic heterocycles. The van der Waals surface area contributed by atoms with E-state index in [1.165, 1.54) is 0 Å². The number of carbonyl (C=O) groups is 1. The van der Waals surface area contributed by atoms with Gasteiger partial charge < -0.3 is 16.4 Å². The number of anilines is 2. The Kier molecular flexibility index (Phi) is 7.39. The minimum absolute atomic E-state index is 0.147. The van der Waals surface area contributed by atoms with Gasteiger partial charge in [-0.15, -0.1) is 0 Å². The predicted octanol–water partition coefficient (Wildman–Crippen LogP) is 5.15. The average molecular weight is 517 g/mol. The number of aromatic nitrogens is 2. The second-order valence-corrected chi connectivity index (χ2v) is 9.21. The van der Waals surface area contributed by atoms with Gasteiger partial charge in [0.1, 0.15) is 6.17 Å². The fourth-order valence-electron chi connectivity index (χ4n) is 4.30. The zero-order valence-electron chi connectivity index (χ0n) is 20.0. The van der Waals surface area contributed by atoms with Crippen molar-refractivity contribution >= 4 is 34.9 Å². The fourth-order valence-corrected chi connectivity index (χ4v) is 4.47. The summed E-state index contributed by atoms with van der Waals surface area (Å²) < 4.78 is 14.8. The molecule has 0 radical (unpaired) electrons. The van der Waals surface area contributed by atoms with Gasteiger partial charge in [-0.1, -0.05) is 35.9 Å². The molecule has 1 aliphatic heterocycles. The number of hydrogen-bond acceptors (Lipinski definition) is 6. The summed E-state index contributed by atoms with van der Waals surface area (Å²) in [5.74, 6) is 0.248. The van der Waals surface area contributed by atoms with Crippen LogP contribution in [-0.4, -0.2) is 40.8 Å². The fraction of sp³-hybridized carbons (Fsp3) is 0.214. The van der Waals surface area contributed by atoms with Crippen LogP contribution < -0.4 is 16.4 Å². The standard InChI is InChI=1S/C28H26ClFN6O/c29-19-8-11-21-23(14-19)26(22-4-1-2-5-24(22)30)33-15-18-16-34-28(36-25(18)21)35-20-9-6-17(7-10-20)27(37)32-13-3-12-31/h1-2,4,6-11,14,16,24H,3,5,12-13,15,31H2,(H,32,37)(H,34,35,36). The number of aliphatic imine (C=N–C) groups is 1. The van der Waals surface area contributed by atoms with Crippen molar-refractivity contribution in [1.82, 2.24) is 15.3 Å². The van der Waals surface area contributed by atoms with Gasteiger partial charge in [-0.25, -0.2) is 14.4 Å². The van der Waals surface area contributed by atoms with Crippen LogP contribution in [0.15, 0.2) is 77.5 Å². The lowest BCUT2D eigenvalue weighted by molar-refractivity contribution is 0.0953. The molecule has 2 aliphatic rings. The van der Waals surface area contributed by atoms with Gasteiger partial charge in [-0.2, -0.15) is 0 Å². The van der Waals surface area contributed by atoms with Crippen molar-refractivity contribution < 1.29 is 9.18 Å². The number of nitrogens with one attached hydrogen (secondary N) is 2. The van der Waals surface area contributed by atoms with E-state index in [1.54, 1.807) is 42.6 Å². The van der Waals surface area contributed by atoms with Crippen molar-refractivity contribution in [3.8, 4) is 11.3 Å². The van der Waals surface area contributed by atoms with E-state index < -0.39 is 6.17 Å². The van der Waals surface area contributed by atoms with E-state index >= 15 is 0 Å². The molecule has 4 N–H and O–H groups in total. The summed E-state index contributed by atoms with van der Waals surface area (Å²) in [5.41, 5.74) is 11.0. The third kappa shape index (κ3) is 5.45. The van der Waals surface area contributed by atoms with Gasteiger partial charge in [0.25, 0.3) is 5.91 Å². The van der Waals surface area contributed by atoms with E-state index in [4.69, 9.17) is 27.3 Å². The molecule has 1 atom stereocenters. The molecule has 188 valence electrons. The molecular weight excluding hydrogens is 491 g/mol. The van der Waals surface area contributed by atoms with Crippen molar-refractivity contribution in [2.45, 2.75) is 25.6 Å². The Balaban J connectivity index is 1.43. The van der Waals surface area contributed by atoms with Crippen LogP contribution in [0.5, 0.6) is 0 Å². The van der Waals surface area contributed by atoms with Crippen LogP contribution in [0.1, 0.15) is 34.3 Å². The first-order valence-corrected chi connectivity index (χ1v) is 12.5. The summed E-state index contributed by atoms with van der Waals surface area (Å²) in [4.78, 5) is 26.3. The minimum Gasteiger partial charge on any atom is -0.352 e. The van der Waals surface area contributed by atoms with E-state index in [2.05, 4.69) is 15.6 Å². The van der Waals surface area contributed by atoms with E-state index in [-0.39, 0.29) is 5.91 Å². The maximum absolute atomic E-state index is 14.8. The molecule has 2 heterocycles. The van der Waals surface area contributed by atoms with Crippen molar-refractivity contribution in [1.29, 1.82) is 0 Å². The van der Waals surface area contributed by atoms with Gasteiger partial charge in [0.15, 0.2) is 0 Å². The number of halogens is 2. The van der Waals surface area contributed by atoms with Gasteiger partial charge in [-0.3, -0.25) is 9.79 Å². The molecule has 0 spiro atoms. The second kappa shape index (κ2) is 11.0. The highest BCUT2D eigenvalue weighted by Crippen LogP contribution is 2.35. The number of amides is 1. The number of carbonyl (C=O) groups excluding carboxylic acids is 1. The summed E-state index contributed by atoms with van der Waals surface area (Å²) in [7, 11) is 0. The Hall–Kier alpha value is -3.88. The van der Waals surface area contributed by atoms with Crippen molar-refractivity contribution in [2.24, 2.45) is 10.7 Å². The lowest BCUT2D eigenvalue weighted by Crippen LogP contribution is -2.25. The first kappa shape index (κ1) is 24.8. The van der Waals surface area contributed by atoms with E-state index in [0.717, 1.165) is 28.8 Å². The number of alkyl halides is 1. The van der Waals surface area contributed by atoms with Crippen LogP contribution in [0, 0.1) is 0 Å². The summed E-state index contributed by atoms with van der Waals surface area (Å²) in [6, 6.07) is 12.6. The van der Waals surface area contributed by atoms with E-state index in [0.29, 0.717) is 59.6 Å². The molecule has 37 heavy (non-hydrogen) atoms.